The lowest BCUT2D eigenvalue weighted by Crippen LogP contribution is -2.26. The van der Waals surface area contributed by atoms with Crippen LogP contribution >= 0.6 is 0 Å². The summed E-state index contributed by atoms with van der Waals surface area (Å²) in [5.74, 6) is 0.497. The van der Waals surface area contributed by atoms with E-state index in [4.69, 9.17) is 0 Å². The Morgan fingerprint density at radius 2 is 1.84 bits per heavy atom. The lowest BCUT2D eigenvalue weighted by Gasteiger charge is -2.16. The van der Waals surface area contributed by atoms with Gasteiger partial charge in [0.2, 0.25) is 5.91 Å². The molecule has 3 rings (SSSR count). The van der Waals surface area contributed by atoms with Crippen LogP contribution in [0.2, 0.25) is 0 Å². The number of hydrogen-bond acceptors (Lipinski definition) is 2. The summed E-state index contributed by atoms with van der Waals surface area (Å²) in [5, 5.41) is 2.98. The molecule has 0 radical (unpaired) electrons. The van der Waals surface area contributed by atoms with Gasteiger partial charge in [-0.15, -0.1) is 0 Å². The van der Waals surface area contributed by atoms with Gasteiger partial charge >= 0.3 is 0 Å². The summed E-state index contributed by atoms with van der Waals surface area (Å²) in [6.45, 7) is 3.58. The predicted molar refractivity (Wildman–Crippen MR) is 99.8 cm³/mol. The van der Waals surface area contributed by atoms with Crippen molar-refractivity contribution in [1.82, 2.24) is 5.32 Å². The summed E-state index contributed by atoms with van der Waals surface area (Å²) >= 11 is 0. The Morgan fingerprint density at radius 3 is 2.48 bits per heavy atom. The SMILES string of the molecule is CC(CCNC(=O)c1ccc(N2CCCC2=O)cc1)c1ccccc1. The number of anilines is 1. The van der Waals surface area contributed by atoms with Crippen molar-refractivity contribution in [2.24, 2.45) is 0 Å². The molecule has 2 aromatic rings. The zero-order chi connectivity index (χ0) is 17.6. The molecule has 1 saturated heterocycles. The van der Waals surface area contributed by atoms with Gasteiger partial charge in [-0.2, -0.15) is 0 Å². The Hall–Kier alpha value is -2.62. The molecule has 1 aliphatic heterocycles. The first-order chi connectivity index (χ1) is 12.1. The molecule has 1 unspecified atom stereocenters. The fourth-order valence-electron chi connectivity index (χ4n) is 3.17. The van der Waals surface area contributed by atoms with Gasteiger partial charge in [0.25, 0.3) is 5.91 Å². The van der Waals surface area contributed by atoms with Crippen molar-refractivity contribution >= 4 is 17.5 Å². The molecule has 1 N–H and O–H groups in total. The standard InChI is InChI=1S/C21H24N2O2/c1-16(17-6-3-2-4-7-17)13-14-22-21(25)18-9-11-19(12-10-18)23-15-5-8-20(23)24/h2-4,6-7,9-12,16H,5,8,13-15H2,1H3,(H,22,25). The zero-order valence-corrected chi connectivity index (χ0v) is 14.6. The molecule has 1 atom stereocenters. The highest BCUT2D eigenvalue weighted by Crippen LogP contribution is 2.22. The molecular formula is C21H24N2O2. The van der Waals surface area contributed by atoms with E-state index >= 15 is 0 Å². The molecule has 1 fully saturated rings. The van der Waals surface area contributed by atoms with Crippen molar-refractivity contribution in [2.45, 2.75) is 32.1 Å². The summed E-state index contributed by atoms with van der Waals surface area (Å²) < 4.78 is 0. The van der Waals surface area contributed by atoms with Gasteiger partial charge in [-0.1, -0.05) is 37.3 Å². The molecule has 0 spiro atoms. The second-order valence-corrected chi connectivity index (χ2v) is 6.55. The minimum absolute atomic E-state index is 0.0699. The minimum atomic E-state index is -0.0699. The summed E-state index contributed by atoms with van der Waals surface area (Å²) in [5.41, 5.74) is 2.79. The number of nitrogens with zero attached hydrogens (tertiary/aromatic N) is 1. The van der Waals surface area contributed by atoms with Gasteiger partial charge in [0.05, 0.1) is 0 Å². The lowest BCUT2D eigenvalue weighted by atomic mass is 9.98. The molecule has 0 aliphatic carbocycles. The highest BCUT2D eigenvalue weighted by atomic mass is 16.2. The Balaban J connectivity index is 1.50. The third-order valence-electron chi connectivity index (χ3n) is 4.75. The molecule has 0 bridgehead atoms. The van der Waals surface area contributed by atoms with E-state index in [1.807, 2.05) is 30.3 Å². The Labute approximate surface area is 148 Å². The van der Waals surface area contributed by atoms with Crippen LogP contribution in [0, 0.1) is 0 Å². The van der Waals surface area contributed by atoms with E-state index < -0.39 is 0 Å². The largest absolute Gasteiger partial charge is 0.352 e. The second-order valence-electron chi connectivity index (χ2n) is 6.55. The molecule has 25 heavy (non-hydrogen) atoms. The quantitative estimate of drug-likeness (QED) is 0.874. The minimum Gasteiger partial charge on any atom is -0.352 e. The fraction of sp³-hybridized carbons (Fsp3) is 0.333. The van der Waals surface area contributed by atoms with Crippen molar-refractivity contribution < 1.29 is 9.59 Å². The van der Waals surface area contributed by atoms with Crippen LogP contribution in [-0.2, 0) is 4.79 Å². The molecule has 4 heteroatoms. The molecule has 1 heterocycles. The van der Waals surface area contributed by atoms with Crippen LogP contribution in [-0.4, -0.2) is 24.9 Å². The Morgan fingerprint density at radius 1 is 1.12 bits per heavy atom. The zero-order valence-electron chi connectivity index (χ0n) is 14.6. The van der Waals surface area contributed by atoms with E-state index in [0.717, 1.165) is 25.1 Å². The molecule has 1 aliphatic rings. The van der Waals surface area contributed by atoms with Crippen LogP contribution in [0.25, 0.3) is 0 Å². The molecular weight excluding hydrogens is 312 g/mol. The maximum absolute atomic E-state index is 12.3. The first-order valence-corrected chi connectivity index (χ1v) is 8.89. The van der Waals surface area contributed by atoms with Gasteiger partial charge < -0.3 is 10.2 Å². The van der Waals surface area contributed by atoms with Crippen molar-refractivity contribution in [1.29, 1.82) is 0 Å². The van der Waals surface area contributed by atoms with Crippen LogP contribution in [0.4, 0.5) is 5.69 Å². The number of benzene rings is 2. The van der Waals surface area contributed by atoms with Crippen molar-refractivity contribution in [3.05, 3.63) is 65.7 Å². The molecule has 2 aromatic carbocycles. The van der Waals surface area contributed by atoms with E-state index in [1.165, 1.54) is 5.56 Å². The number of amides is 2. The first kappa shape index (κ1) is 17.2. The lowest BCUT2D eigenvalue weighted by molar-refractivity contribution is -0.117. The van der Waals surface area contributed by atoms with Gasteiger partial charge in [-0.3, -0.25) is 9.59 Å². The van der Waals surface area contributed by atoms with Gasteiger partial charge in [-0.05, 0) is 48.6 Å². The number of hydrogen-bond donors (Lipinski definition) is 1. The first-order valence-electron chi connectivity index (χ1n) is 8.89. The average molecular weight is 336 g/mol. The third kappa shape index (κ3) is 4.27. The van der Waals surface area contributed by atoms with Crippen LogP contribution in [0.5, 0.6) is 0 Å². The van der Waals surface area contributed by atoms with E-state index in [-0.39, 0.29) is 11.8 Å². The van der Waals surface area contributed by atoms with E-state index in [1.54, 1.807) is 17.0 Å². The van der Waals surface area contributed by atoms with Crippen LogP contribution in [0.15, 0.2) is 54.6 Å². The maximum atomic E-state index is 12.3. The molecule has 2 amide bonds. The Kier molecular flexibility index (Phi) is 5.49. The third-order valence-corrected chi connectivity index (χ3v) is 4.75. The van der Waals surface area contributed by atoms with E-state index in [9.17, 15) is 9.59 Å². The molecule has 4 nitrogen and oxygen atoms in total. The average Bonchev–Trinajstić information content (AvgIpc) is 3.08. The summed E-state index contributed by atoms with van der Waals surface area (Å²) in [6, 6.07) is 17.6. The predicted octanol–water partition coefficient (Wildman–Crippen LogP) is 3.74. The van der Waals surface area contributed by atoms with Crippen LogP contribution in [0.3, 0.4) is 0 Å². The highest BCUT2D eigenvalue weighted by molar-refractivity contribution is 5.97. The summed E-state index contributed by atoms with van der Waals surface area (Å²) in [6.07, 6.45) is 2.42. The fourth-order valence-corrected chi connectivity index (χ4v) is 3.17. The van der Waals surface area contributed by atoms with Gasteiger partial charge in [0.15, 0.2) is 0 Å². The molecule has 130 valence electrons. The van der Waals surface area contributed by atoms with Gasteiger partial charge in [0, 0.05) is 30.8 Å². The van der Waals surface area contributed by atoms with Crippen LogP contribution < -0.4 is 10.2 Å². The summed E-state index contributed by atoms with van der Waals surface area (Å²) in [4.78, 5) is 25.8. The summed E-state index contributed by atoms with van der Waals surface area (Å²) in [7, 11) is 0. The monoisotopic (exact) mass is 336 g/mol. The molecule has 0 aromatic heterocycles. The van der Waals surface area contributed by atoms with Crippen LogP contribution in [0.1, 0.15) is 48.0 Å². The van der Waals surface area contributed by atoms with E-state index in [0.29, 0.717) is 24.4 Å². The number of rotatable bonds is 6. The molecule has 0 saturated carbocycles. The van der Waals surface area contributed by atoms with Gasteiger partial charge in [0.1, 0.15) is 0 Å². The number of carbonyl (C=O) groups is 2. The normalized spacial score (nSPS) is 15.2. The van der Waals surface area contributed by atoms with Crippen molar-refractivity contribution in [3.63, 3.8) is 0 Å². The number of nitrogens with one attached hydrogen (secondary N) is 1. The smallest absolute Gasteiger partial charge is 0.251 e. The van der Waals surface area contributed by atoms with Crippen molar-refractivity contribution in [3.8, 4) is 0 Å². The Bertz CT molecular complexity index is 725. The van der Waals surface area contributed by atoms with Crippen molar-refractivity contribution in [2.75, 3.05) is 18.0 Å². The van der Waals surface area contributed by atoms with E-state index in [2.05, 4.69) is 24.4 Å². The maximum Gasteiger partial charge on any atom is 0.251 e. The van der Waals surface area contributed by atoms with Gasteiger partial charge in [-0.25, -0.2) is 0 Å². The number of carbonyl (C=O) groups excluding carboxylic acids is 2. The second kappa shape index (κ2) is 7.97. The topological polar surface area (TPSA) is 49.4 Å². The highest BCUT2D eigenvalue weighted by Gasteiger charge is 2.21.